The van der Waals surface area contributed by atoms with Gasteiger partial charge in [-0.2, -0.15) is 0 Å². The highest BCUT2D eigenvalue weighted by Crippen LogP contribution is 2.23. The summed E-state index contributed by atoms with van der Waals surface area (Å²) >= 11 is 2.15. The number of carbonyl (C=O) groups excluding carboxylic acids is 1. The molecule has 0 atom stereocenters. The first-order valence-corrected chi connectivity index (χ1v) is 7.22. The predicted molar refractivity (Wildman–Crippen MR) is 84.9 cm³/mol. The van der Waals surface area contributed by atoms with Gasteiger partial charge < -0.3 is 4.74 Å². The van der Waals surface area contributed by atoms with E-state index in [9.17, 15) is 9.18 Å². The van der Waals surface area contributed by atoms with E-state index in [0.29, 0.717) is 11.1 Å². The molecule has 0 radical (unpaired) electrons. The van der Waals surface area contributed by atoms with Crippen LogP contribution in [0, 0.1) is 16.3 Å². The summed E-state index contributed by atoms with van der Waals surface area (Å²) in [5.41, 5.74) is 2.03. The molecule has 2 aromatic carbocycles. The Hall–Kier alpha value is -1.43. The lowest BCUT2D eigenvalue weighted by Crippen LogP contribution is -2.08. The van der Waals surface area contributed by atoms with Gasteiger partial charge in [-0.3, -0.25) is 4.79 Å². The van der Waals surface area contributed by atoms with Crippen molar-refractivity contribution in [1.82, 2.24) is 0 Å². The van der Waals surface area contributed by atoms with Crippen LogP contribution in [0.25, 0.3) is 0 Å². The van der Waals surface area contributed by atoms with Crippen molar-refractivity contribution in [3.63, 3.8) is 0 Å². The third-order valence-corrected chi connectivity index (χ3v) is 4.54. The second kappa shape index (κ2) is 6.35. The molecule has 0 bridgehead atoms. The van der Waals surface area contributed by atoms with Crippen molar-refractivity contribution in [2.45, 2.75) is 13.3 Å². The summed E-state index contributed by atoms with van der Waals surface area (Å²) in [6.07, 6.45) is 0.0302. The number of ether oxygens (including phenoxy) is 1. The third kappa shape index (κ3) is 3.00. The Labute approximate surface area is 131 Å². The monoisotopic (exact) mass is 384 g/mol. The Kier molecular flexibility index (Phi) is 4.75. The number of halogens is 2. The van der Waals surface area contributed by atoms with Crippen LogP contribution in [0.5, 0.6) is 5.75 Å². The first-order valence-electron chi connectivity index (χ1n) is 6.14. The van der Waals surface area contributed by atoms with Gasteiger partial charge in [0.15, 0.2) is 17.3 Å². The smallest absolute Gasteiger partial charge is 0.168 e. The van der Waals surface area contributed by atoms with Crippen LogP contribution >= 0.6 is 22.6 Å². The quantitative estimate of drug-likeness (QED) is 0.584. The first kappa shape index (κ1) is 15.0. The molecule has 0 aromatic heterocycles. The lowest BCUT2D eigenvalue weighted by molar-refractivity contribution is 0.0991. The number of carbonyl (C=O) groups is 1. The minimum absolute atomic E-state index is 0.0302. The molecule has 104 valence electrons. The highest BCUT2D eigenvalue weighted by Gasteiger charge is 2.16. The summed E-state index contributed by atoms with van der Waals surface area (Å²) in [7, 11) is 1.41. The second-order valence-corrected chi connectivity index (χ2v) is 5.55. The van der Waals surface area contributed by atoms with Crippen molar-refractivity contribution in [3.8, 4) is 5.75 Å². The maximum absolute atomic E-state index is 14.0. The molecular formula is C16H14FIO2. The molecule has 0 N–H and O–H groups in total. The minimum atomic E-state index is -0.467. The van der Waals surface area contributed by atoms with Crippen molar-refractivity contribution in [2.24, 2.45) is 0 Å². The SMILES string of the molecule is COc1cccc(CC(=O)c2cccc(C)c2I)c1F. The molecule has 2 aromatic rings. The third-order valence-electron chi connectivity index (χ3n) is 3.11. The molecule has 0 aliphatic rings. The Morgan fingerprint density at radius 1 is 1.25 bits per heavy atom. The Bertz CT molecular complexity index is 653. The van der Waals surface area contributed by atoms with E-state index >= 15 is 0 Å². The van der Waals surface area contributed by atoms with Crippen LogP contribution in [-0.2, 0) is 6.42 Å². The predicted octanol–water partition coefficient (Wildman–Crippen LogP) is 4.17. The van der Waals surface area contributed by atoms with Gasteiger partial charge in [0.1, 0.15) is 0 Å². The van der Waals surface area contributed by atoms with E-state index in [1.807, 2.05) is 19.1 Å². The number of benzene rings is 2. The molecular weight excluding hydrogens is 370 g/mol. The number of ketones is 1. The van der Waals surface area contributed by atoms with Crippen LogP contribution in [0.15, 0.2) is 36.4 Å². The molecule has 0 heterocycles. The number of rotatable bonds is 4. The van der Waals surface area contributed by atoms with Gasteiger partial charge in [-0.1, -0.05) is 30.3 Å². The molecule has 0 aliphatic carbocycles. The molecule has 0 unspecified atom stereocenters. The van der Waals surface area contributed by atoms with Crippen LogP contribution in [0.3, 0.4) is 0 Å². The lowest BCUT2D eigenvalue weighted by Gasteiger charge is -2.09. The average Bonchev–Trinajstić information content (AvgIpc) is 2.44. The summed E-state index contributed by atoms with van der Waals surface area (Å²) in [4.78, 5) is 12.3. The first-order chi connectivity index (χ1) is 9.54. The van der Waals surface area contributed by atoms with E-state index in [0.717, 1.165) is 9.13 Å². The molecule has 0 aliphatic heterocycles. The molecule has 0 spiro atoms. The number of hydrogen-bond donors (Lipinski definition) is 0. The van der Waals surface area contributed by atoms with Crippen molar-refractivity contribution in [2.75, 3.05) is 7.11 Å². The molecule has 2 nitrogen and oxygen atoms in total. The zero-order chi connectivity index (χ0) is 14.7. The zero-order valence-corrected chi connectivity index (χ0v) is 13.4. The second-order valence-electron chi connectivity index (χ2n) is 4.47. The Balaban J connectivity index is 2.31. The summed E-state index contributed by atoms with van der Waals surface area (Å²) < 4.78 is 19.9. The normalized spacial score (nSPS) is 10.4. The van der Waals surface area contributed by atoms with Gasteiger partial charge in [0.2, 0.25) is 0 Å². The largest absolute Gasteiger partial charge is 0.494 e. The van der Waals surface area contributed by atoms with Gasteiger partial charge in [0.25, 0.3) is 0 Å². The van der Waals surface area contributed by atoms with Gasteiger partial charge in [0.05, 0.1) is 7.11 Å². The van der Waals surface area contributed by atoms with Crippen molar-refractivity contribution in [3.05, 3.63) is 62.5 Å². The molecule has 2 rings (SSSR count). The highest BCUT2D eigenvalue weighted by molar-refractivity contribution is 14.1. The highest BCUT2D eigenvalue weighted by atomic mass is 127. The molecule has 0 saturated heterocycles. The summed E-state index contributed by atoms with van der Waals surface area (Å²) in [5, 5.41) is 0. The average molecular weight is 384 g/mol. The fourth-order valence-electron chi connectivity index (χ4n) is 1.98. The van der Waals surface area contributed by atoms with E-state index < -0.39 is 5.82 Å². The van der Waals surface area contributed by atoms with E-state index in [-0.39, 0.29) is 18.0 Å². The fraction of sp³-hybridized carbons (Fsp3) is 0.188. The van der Waals surface area contributed by atoms with Gasteiger partial charge in [-0.15, -0.1) is 0 Å². The molecule has 20 heavy (non-hydrogen) atoms. The molecule has 0 amide bonds. The van der Waals surface area contributed by atoms with Gasteiger partial charge >= 0.3 is 0 Å². The van der Waals surface area contributed by atoms with Crippen LogP contribution in [0.2, 0.25) is 0 Å². The maximum Gasteiger partial charge on any atom is 0.168 e. The van der Waals surface area contributed by atoms with Crippen LogP contribution < -0.4 is 4.74 Å². The van der Waals surface area contributed by atoms with Gasteiger partial charge in [-0.05, 0) is 46.7 Å². The lowest BCUT2D eigenvalue weighted by atomic mass is 10.0. The van der Waals surface area contributed by atoms with Gasteiger partial charge in [0, 0.05) is 15.6 Å². The zero-order valence-electron chi connectivity index (χ0n) is 11.2. The summed E-state index contributed by atoms with van der Waals surface area (Å²) in [6, 6.07) is 10.4. The van der Waals surface area contributed by atoms with Crippen molar-refractivity contribution < 1.29 is 13.9 Å². The van der Waals surface area contributed by atoms with Gasteiger partial charge in [-0.25, -0.2) is 4.39 Å². The van der Waals surface area contributed by atoms with E-state index in [1.165, 1.54) is 7.11 Å². The van der Waals surface area contributed by atoms with Crippen LogP contribution in [0.4, 0.5) is 4.39 Å². The van der Waals surface area contributed by atoms with Crippen molar-refractivity contribution >= 4 is 28.4 Å². The van der Waals surface area contributed by atoms with Crippen LogP contribution in [0.1, 0.15) is 21.5 Å². The number of hydrogen-bond acceptors (Lipinski definition) is 2. The summed E-state index contributed by atoms with van der Waals surface area (Å²) in [6.45, 7) is 1.95. The van der Waals surface area contributed by atoms with Crippen molar-refractivity contribution in [1.29, 1.82) is 0 Å². The summed E-state index contributed by atoms with van der Waals surface area (Å²) in [5.74, 6) is -0.398. The minimum Gasteiger partial charge on any atom is -0.494 e. The topological polar surface area (TPSA) is 26.3 Å². The number of Topliss-reactive ketones (excluding diaryl/α,β-unsaturated/α-hetero) is 1. The molecule has 4 heteroatoms. The Morgan fingerprint density at radius 2 is 1.95 bits per heavy atom. The van der Waals surface area contributed by atoms with E-state index in [4.69, 9.17) is 4.74 Å². The molecule has 0 saturated carbocycles. The van der Waals surface area contributed by atoms with E-state index in [1.54, 1.807) is 24.3 Å². The number of aryl methyl sites for hydroxylation is 1. The van der Waals surface area contributed by atoms with E-state index in [2.05, 4.69) is 22.6 Å². The van der Waals surface area contributed by atoms with Crippen LogP contribution in [-0.4, -0.2) is 12.9 Å². The number of methoxy groups -OCH3 is 1. The molecule has 0 fully saturated rings. The maximum atomic E-state index is 14.0. The Morgan fingerprint density at radius 3 is 2.65 bits per heavy atom. The fourth-order valence-corrected chi connectivity index (χ4v) is 2.64. The standard InChI is InChI=1S/C16H14FIO2/c1-10-5-3-7-12(16(10)18)13(19)9-11-6-4-8-14(20-2)15(11)17/h3-8H,9H2,1-2H3.